The molecule has 3 rings (SSSR count). The van der Waals surface area contributed by atoms with E-state index in [1.807, 2.05) is 35.9 Å². The third-order valence-electron chi connectivity index (χ3n) is 3.72. The number of halogens is 3. The summed E-state index contributed by atoms with van der Waals surface area (Å²) in [4.78, 5) is 10.2. The molecule has 2 heterocycles. The zero-order valence-corrected chi connectivity index (χ0v) is 12.7. The van der Waals surface area contributed by atoms with E-state index in [4.69, 9.17) is 0 Å². The molecule has 0 saturated carbocycles. The topological polar surface area (TPSA) is 34.0 Å². The van der Waals surface area contributed by atoms with Crippen molar-refractivity contribution in [3.05, 3.63) is 54.0 Å². The largest absolute Gasteiger partial charge is 0.416 e. The molecule has 120 valence electrons. The molecule has 0 atom stereocenters. The maximum absolute atomic E-state index is 12.8. The molecule has 2 aromatic heterocycles. The van der Waals surface area contributed by atoms with E-state index in [0.29, 0.717) is 6.54 Å². The second-order valence-electron chi connectivity index (χ2n) is 5.33. The van der Waals surface area contributed by atoms with Crippen molar-refractivity contribution in [3.63, 3.8) is 0 Å². The second-order valence-corrected chi connectivity index (χ2v) is 5.33. The van der Waals surface area contributed by atoms with Crippen LogP contribution >= 0.6 is 0 Å². The highest BCUT2D eigenvalue weighted by Crippen LogP contribution is 2.30. The quantitative estimate of drug-likeness (QED) is 0.739. The second kappa shape index (κ2) is 5.57. The first-order valence-corrected chi connectivity index (χ1v) is 7.01. The van der Waals surface area contributed by atoms with Gasteiger partial charge in [0.25, 0.3) is 0 Å². The molecule has 1 aromatic carbocycles. The molecule has 0 fully saturated rings. The summed E-state index contributed by atoms with van der Waals surface area (Å²) in [6.45, 7) is 0.361. The maximum atomic E-state index is 12.8. The minimum Gasteiger partial charge on any atom is -0.352 e. The van der Waals surface area contributed by atoms with Crippen molar-refractivity contribution in [2.75, 3.05) is 11.9 Å². The van der Waals surface area contributed by atoms with E-state index in [9.17, 15) is 13.2 Å². The molecule has 0 radical (unpaired) electrons. The van der Waals surface area contributed by atoms with Gasteiger partial charge < -0.3 is 9.47 Å². The number of pyridine rings is 1. The molecule has 0 bridgehead atoms. The molecule has 0 aliphatic heterocycles. The van der Waals surface area contributed by atoms with Crippen LogP contribution in [0.3, 0.4) is 0 Å². The van der Waals surface area contributed by atoms with Crippen molar-refractivity contribution in [3.8, 4) is 0 Å². The van der Waals surface area contributed by atoms with Crippen molar-refractivity contribution in [1.82, 2.24) is 14.5 Å². The maximum Gasteiger partial charge on any atom is 0.416 e. The molecule has 0 spiro atoms. The van der Waals surface area contributed by atoms with Crippen LogP contribution in [0.1, 0.15) is 11.4 Å². The van der Waals surface area contributed by atoms with E-state index < -0.39 is 11.7 Å². The first-order valence-electron chi connectivity index (χ1n) is 7.01. The van der Waals surface area contributed by atoms with E-state index >= 15 is 0 Å². The molecule has 0 aliphatic rings. The Hall–Kier alpha value is -2.57. The number of anilines is 1. The van der Waals surface area contributed by atoms with Gasteiger partial charge in [0, 0.05) is 20.3 Å². The zero-order valence-electron chi connectivity index (χ0n) is 12.7. The lowest BCUT2D eigenvalue weighted by Gasteiger charge is -2.19. The normalized spacial score (nSPS) is 11.9. The molecule has 0 N–H and O–H groups in total. The number of imidazole rings is 1. The first-order chi connectivity index (χ1) is 10.9. The number of hydrogen-bond acceptors (Lipinski definition) is 3. The molecule has 4 nitrogen and oxygen atoms in total. The summed E-state index contributed by atoms with van der Waals surface area (Å²) in [6, 6.07) is 9.69. The van der Waals surface area contributed by atoms with Gasteiger partial charge in [-0.25, -0.2) is 9.97 Å². The molecule has 0 aliphatic carbocycles. The molecular weight excluding hydrogens is 305 g/mol. The van der Waals surface area contributed by atoms with E-state index in [1.54, 1.807) is 11.9 Å². The van der Waals surface area contributed by atoms with E-state index in [2.05, 4.69) is 9.97 Å². The van der Waals surface area contributed by atoms with Crippen LogP contribution in [0.2, 0.25) is 0 Å². The van der Waals surface area contributed by atoms with E-state index in [1.165, 1.54) is 6.20 Å². The van der Waals surface area contributed by atoms with Crippen LogP contribution < -0.4 is 4.90 Å². The number of benzene rings is 1. The van der Waals surface area contributed by atoms with Gasteiger partial charge in [-0.2, -0.15) is 13.2 Å². The van der Waals surface area contributed by atoms with Crippen LogP contribution in [-0.4, -0.2) is 21.6 Å². The number of para-hydroxylation sites is 2. The van der Waals surface area contributed by atoms with Crippen LogP contribution in [-0.2, 0) is 19.8 Å². The Morgan fingerprint density at radius 2 is 1.91 bits per heavy atom. The molecule has 0 amide bonds. The van der Waals surface area contributed by atoms with Crippen molar-refractivity contribution in [1.29, 1.82) is 0 Å². The van der Waals surface area contributed by atoms with Gasteiger partial charge in [0.15, 0.2) is 0 Å². The predicted octanol–water partition coefficient (Wildman–Crippen LogP) is 3.62. The Balaban J connectivity index is 1.89. The molecule has 0 saturated heterocycles. The first kappa shape index (κ1) is 15.3. The summed E-state index contributed by atoms with van der Waals surface area (Å²) in [5.74, 6) is 1.01. The fourth-order valence-electron chi connectivity index (χ4n) is 2.43. The molecule has 7 heteroatoms. The third kappa shape index (κ3) is 2.99. The molecule has 0 unspecified atom stereocenters. The average molecular weight is 320 g/mol. The Bertz CT molecular complexity index is 839. The fourth-order valence-corrected chi connectivity index (χ4v) is 2.43. The van der Waals surface area contributed by atoms with Gasteiger partial charge in [0.1, 0.15) is 11.6 Å². The SMILES string of the molecule is CN(Cc1nc2ccccc2n1C)c1cc(C(F)(F)F)ccn1. The van der Waals surface area contributed by atoms with Gasteiger partial charge in [-0.15, -0.1) is 0 Å². The summed E-state index contributed by atoms with van der Waals surface area (Å²) >= 11 is 0. The Morgan fingerprint density at radius 3 is 2.61 bits per heavy atom. The Labute approximate surface area is 131 Å². The van der Waals surface area contributed by atoms with Crippen LogP contribution in [0.25, 0.3) is 11.0 Å². The highest BCUT2D eigenvalue weighted by molar-refractivity contribution is 5.75. The Morgan fingerprint density at radius 1 is 1.17 bits per heavy atom. The summed E-state index contributed by atoms with van der Waals surface area (Å²) in [5, 5.41) is 0. The summed E-state index contributed by atoms with van der Waals surface area (Å²) in [6.07, 6.45) is -3.21. The van der Waals surface area contributed by atoms with Gasteiger partial charge in [-0.05, 0) is 24.3 Å². The van der Waals surface area contributed by atoms with Gasteiger partial charge in [-0.1, -0.05) is 12.1 Å². The number of rotatable bonds is 3. The van der Waals surface area contributed by atoms with Crippen molar-refractivity contribution < 1.29 is 13.2 Å². The lowest BCUT2D eigenvalue weighted by molar-refractivity contribution is -0.137. The van der Waals surface area contributed by atoms with Crippen LogP contribution in [0.4, 0.5) is 19.0 Å². The smallest absolute Gasteiger partial charge is 0.352 e. The highest BCUT2D eigenvalue weighted by atomic mass is 19.4. The molecular formula is C16H15F3N4. The average Bonchev–Trinajstić information content (AvgIpc) is 2.83. The monoisotopic (exact) mass is 320 g/mol. The molecule has 23 heavy (non-hydrogen) atoms. The number of aryl methyl sites for hydroxylation is 1. The summed E-state index contributed by atoms with van der Waals surface area (Å²) in [7, 11) is 3.58. The minimum atomic E-state index is -4.38. The summed E-state index contributed by atoms with van der Waals surface area (Å²) < 4.78 is 40.3. The number of aromatic nitrogens is 3. The number of hydrogen-bond donors (Lipinski definition) is 0. The van der Waals surface area contributed by atoms with Crippen LogP contribution in [0.15, 0.2) is 42.6 Å². The van der Waals surface area contributed by atoms with Gasteiger partial charge in [0.2, 0.25) is 0 Å². The number of nitrogens with zero attached hydrogens (tertiary/aromatic N) is 4. The lowest BCUT2D eigenvalue weighted by atomic mass is 10.2. The fraction of sp³-hybridized carbons (Fsp3) is 0.250. The zero-order chi connectivity index (χ0) is 16.6. The lowest BCUT2D eigenvalue weighted by Crippen LogP contribution is -2.20. The van der Waals surface area contributed by atoms with Gasteiger partial charge >= 0.3 is 6.18 Å². The van der Waals surface area contributed by atoms with E-state index in [0.717, 1.165) is 29.0 Å². The van der Waals surface area contributed by atoms with Crippen LogP contribution in [0, 0.1) is 0 Å². The number of alkyl halides is 3. The van der Waals surface area contributed by atoms with Crippen LogP contribution in [0.5, 0.6) is 0 Å². The van der Waals surface area contributed by atoms with E-state index in [-0.39, 0.29) is 5.82 Å². The van der Waals surface area contributed by atoms with Crippen molar-refractivity contribution >= 4 is 16.9 Å². The van der Waals surface area contributed by atoms with Crippen molar-refractivity contribution in [2.24, 2.45) is 7.05 Å². The minimum absolute atomic E-state index is 0.256. The van der Waals surface area contributed by atoms with Gasteiger partial charge in [-0.3, -0.25) is 0 Å². The standard InChI is InChI=1S/C16H15F3N4/c1-22(14-9-11(7-8-20-14)16(17,18)19)10-15-21-12-5-3-4-6-13(12)23(15)2/h3-9H,10H2,1-2H3. The molecule has 3 aromatic rings. The highest BCUT2D eigenvalue weighted by Gasteiger charge is 2.31. The van der Waals surface area contributed by atoms with Crippen molar-refractivity contribution in [2.45, 2.75) is 12.7 Å². The van der Waals surface area contributed by atoms with Gasteiger partial charge in [0.05, 0.1) is 23.1 Å². The number of fused-ring (bicyclic) bond motifs is 1. The third-order valence-corrected chi connectivity index (χ3v) is 3.72. The summed E-state index contributed by atoms with van der Waals surface area (Å²) in [5.41, 5.74) is 1.13. The Kier molecular flexibility index (Phi) is 3.71. The predicted molar refractivity (Wildman–Crippen MR) is 82.1 cm³/mol.